The van der Waals surface area contributed by atoms with E-state index in [-0.39, 0.29) is 0 Å². The maximum atomic E-state index is 4.16. The Morgan fingerprint density at radius 2 is 2.31 bits per heavy atom. The van der Waals surface area contributed by atoms with Crippen LogP contribution in [-0.4, -0.2) is 25.2 Å². The summed E-state index contributed by atoms with van der Waals surface area (Å²) in [6.45, 7) is 1.99. The first-order valence-electron chi connectivity index (χ1n) is 3.63. The lowest BCUT2D eigenvalue weighted by Gasteiger charge is -2.00. The van der Waals surface area contributed by atoms with Crippen LogP contribution in [0.1, 0.15) is 5.56 Å². The van der Waals surface area contributed by atoms with Gasteiger partial charge in [0.05, 0.1) is 0 Å². The minimum atomic E-state index is 0.714. The van der Waals surface area contributed by atoms with Gasteiger partial charge < -0.3 is 0 Å². The van der Waals surface area contributed by atoms with Crippen LogP contribution in [0.5, 0.6) is 0 Å². The average molecular weight is 240 g/mol. The van der Waals surface area contributed by atoms with Gasteiger partial charge in [-0.15, -0.1) is 5.10 Å². The number of tetrazole rings is 1. The van der Waals surface area contributed by atoms with Crippen molar-refractivity contribution in [1.82, 2.24) is 25.2 Å². The monoisotopic (exact) mass is 239 g/mol. The highest BCUT2D eigenvalue weighted by Crippen LogP contribution is 2.15. The molecule has 2 rings (SSSR count). The molecule has 0 atom stereocenters. The van der Waals surface area contributed by atoms with Crippen molar-refractivity contribution in [1.29, 1.82) is 0 Å². The molecule has 66 valence electrons. The lowest BCUT2D eigenvalue weighted by molar-refractivity contribution is 0.769. The molecule has 0 bridgehead atoms. The Morgan fingerprint density at radius 1 is 1.46 bits per heavy atom. The van der Waals surface area contributed by atoms with E-state index in [1.54, 1.807) is 6.20 Å². The van der Waals surface area contributed by atoms with Crippen LogP contribution in [0, 0.1) is 6.92 Å². The smallest absolute Gasteiger partial charge is 0.157 e. The number of hydrogen-bond donors (Lipinski definition) is 0. The highest BCUT2D eigenvalue weighted by molar-refractivity contribution is 9.10. The molecule has 0 aliphatic rings. The molecule has 2 aromatic rings. The van der Waals surface area contributed by atoms with Crippen LogP contribution in [0.4, 0.5) is 0 Å². The minimum absolute atomic E-state index is 0.714. The molecule has 0 radical (unpaired) electrons. The van der Waals surface area contributed by atoms with Gasteiger partial charge in [-0.2, -0.15) is 4.68 Å². The molecule has 0 N–H and O–H groups in total. The molecular formula is C7H6BrN5. The second kappa shape index (κ2) is 3.21. The molecular weight excluding hydrogens is 234 g/mol. The number of hydrogen-bond acceptors (Lipinski definition) is 4. The molecule has 0 spiro atoms. The quantitative estimate of drug-likeness (QED) is 0.749. The average Bonchev–Trinajstić information content (AvgIpc) is 2.62. The van der Waals surface area contributed by atoms with Gasteiger partial charge in [-0.25, -0.2) is 4.98 Å². The molecule has 0 amide bonds. The van der Waals surface area contributed by atoms with Crippen molar-refractivity contribution in [3.8, 4) is 5.82 Å². The van der Waals surface area contributed by atoms with Gasteiger partial charge in [-0.3, -0.25) is 0 Å². The molecule has 6 heteroatoms. The lowest BCUT2D eigenvalue weighted by Crippen LogP contribution is -1.98. The Kier molecular flexibility index (Phi) is 2.05. The number of aryl methyl sites for hydroxylation is 1. The second-order valence-electron chi connectivity index (χ2n) is 2.55. The summed E-state index contributed by atoms with van der Waals surface area (Å²) < 4.78 is 2.49. The zero-order valence-electron chi connectivity index (χ0n) is 6.85. The lowest BCUT2D eigenvalue weighted by atomic mass is 10.3. The van der Waals surface area contributed by atoms with Crippen LogP contribution in [0.25, 0.3) is 5.82 Å². The van der Waals surface area contributed by atoms with Gasteiger partial charge in [-0.05, 0) is 44.9 Å². The van der Waals surface area contributed by atoms with Crippen LogP contribution >= 0.6 is 15.9 Å². The van der Waals surface area contributed by atoms with Crippen molar-refractivity contribution in [3.05, 3.63) is 28.6 Å². The molecule has 0 unspecified atom stereocenters. The zero-order valence-corrected chi connectivity index (χ0v) is 8.43. The summed E-state index contributed by atoms with van der Waals surface area (Å²) >= 11 is 3.37. The third kappa shape index (κ3) is 1.57. The second-order valence-corrected chi connectivity index (χ2v) is 3.40. The van der Waals surface area contributed by atoms with E-state index in [9.17, 15) is 0 Å². The third-order valence-corrected chi connectivity index (χ3v) is 2.45. The molecule has 0 aliphatic carbocycles. The van der Waals surface area contributed by atoms with Crippen LogP contribution in [0.3, 0.4) is 0 Å². The Labute approximate surface area is 82.9 Å². The van der Waals surface area contributed by atoms with E-state index in [1.807, 2.05) is 13.0 Å². The summed E-state index contributed by atoms with van der Waals surface area (Å²) in [5, 5.41) is 10.8. The van der Waals surface area contributed by atoms with Crippen molar-refractivity contribution in [2.45, 2.75) is 6.92 Å². The Hall–Kier alpha value is -1.30. The van der Waals surface area contributed by atoms with E-state index in [1.165, 1.54) is 11.0 Å². The van der Waals surface area contributed by atoms with Gasteiger partial charge in [0.2, 0.25) is 0 Å². The van der Waals surface area contributed by atoms with Gasteiger partial charge in [0.1, 0.15) is 6.33 Å². The van der Waals surface area contributed by atoms with Crippen molar-refractivity contribution in [2.24, 2.45) is 0 Å². The first-order valence-corrected chi connectivity index (χ1v) is 4.42. The first kappa shape index (κ1) is 8.31. The molecule has 2 heterocycles. The van der Waals surface area contributed by atoms with E-state index in [2.05, 4.69) is 36.4 Å². The maximum absolute atomic E-state index is 4.16. The summed E-state index contributed by atoms with van der Waals surface area (Å²) in [5.74, 6) is 0.714. The zero-order chi connectivity index (χ0) is 9.26. The van der Waals surface area contributed by atoms with E-state index in [0.29, 0.717) is 5.82 Å². The highest BCUT2D eigenvalue weighted by Gasteiger charge is 2.01. The summed E-state index contributed by atoms with van der Waals surface area (Å²) in [5.41, 5.74) is 1.10. The van der Waals surface area contributed by atoms with Gasteiger partial charge >= 0.3 is 0 Å². The third-order valence-electron chi connectivity index (χ3n) is 1.62. The largest absolute Gasteiger partial charge is 0.236 e. The standard InChI is InChI=1S/C7H6BrN5/c1-5-2-7(9-3-6(5)8)13-4-10-11-12-13/h2-4H,1H3. The molecule has 0 aromatic carbocycles. The number of rotatable bonds is 1. The minimum Gasteiger partial charge on any atom is -0.236 e. The first-order chi connectivity index (χ1) is 6.27. The molecule has 0 saturated carbocycles. The number of pyridine rings is 1. The summed E-state index contributed by atoms with van der Waals surface area (Å²) in [6, 6.07) is 1.90. The predicted octanol–water partition coefficient (Wildman–Crippen LogP) is 1.13. The van der Waals surface area contributed by atoms with Crippen LogP contribution in [0.2, 0.25) is 0 Å². The van der Waals surface area contributed by atoms with Crippen molar-refractivity contribution < 1.29 is 0 Å². The predicted molar refractivity (Wildman–Crippen MR) is 49.4 cm³/mol. The van der Waals surface area contributed by atoms with E-state index in [4.69, 9.17) is 0 Å². The Bertz CT molecular complexity index is 411. The van der Waals surface area contributed by atoms with Gasteiger partial charge in [0.25, 0.3) is 0 Å². The van der Waals surface area contributed by atoms with E-state index >= 15 is 0 Å². The van der Waals surface area contributed by atoms with Crippen molar-refractivity contribution in [2.75, 3.05) is 0 Å². The summed E-state index contributed by atoms with van der Waals surface area (Å²) in [6.07, 6.45) is 3.24. The fourth-order valence-corrected chi connectivity index (χ4v) is 1.13. The SMILES string of the molecule is Cc1cc(-n2cnnn2)ncc1Br. The molecule has 0 aliphatic heterocycles. The number of nitrogens with zero attached hydrogens (tertiary/aromatic N) is 5. The Balaban J connectivity index is 2.49. The topological polar surface area (TPSA) is 56.5 Å². The Morgan fingerprint density at radius 3 is 2.92 bits per heavy atom. The number of halogens is 1. The summed E-state index contributed by atoms with van der Waals surface area (Å²) in [7, 11) is 0. The molecule has 13 heavy (non-hydrogen) atoms. The van der Waals surface area contributed by atoms with E-state index in [0.717, 1.165) is 10.0 Å². The van der Waals surface area contributed by atoms with E-state index < -0.39 is 0 Å². The normalized spacial score (nSPS) is 10.3. The van der Waals surface area contributed by atoms with Crippen molar-refractivity contribution in [3.63, 3.8) is 0 Å². The fourth-order valence-electron chi connectivity index (χ4n) is 0.916. The molecule has 2 aromatic heterocycles. The van der Waals surface area contributed by atoms with Gasteiger partial charge in [0, 0.05) is 10.7 Å². The summed E-state index contributed by atoms with van der Waals surface area (Å²) in [4.78, 5) is 4.16. The molecule has 5 nitrogen and oxygen atoms in total. The van der Waals surface area contributed by atoms with Crippen LogP contribution in [0.15, 0.2) is 23.1 Å². The highest BCUT2D eigenvalue weighted by atomic mass is 79.9. The number of aromatic nitrogens is 5. The van der Waals surface area contributed by atoms with Crippen LogP contribution < -0.4 is 0 Å². The molecule has 0 saturated heterocycles. The molecule has 0 fully saturated rings. The van der Waals surface area contributed by atoms with Crippen molar-refractivity contribution >= 4 is 15.9 Å². The fraction of sp³-hybridized carbons (Fsp3) is 0.143. The van der Waals surface area contributed by atoms with Crippen LogP contribution in [-0.2, 0) is 0 Å². The van der Waals surface area contributed by atoms with Gasteiger partial charge in [-0.1, -0.05) is 0 Å². The maximum Gasteiger partial charge on any atom is 0.157 e. The van der Waals surface area contributed by atoms with Gasteiger partial charge in [0.15, 0.2) is 5.82 Å².